The average molecular weight is 224 g/mol. The van der Waals surface area contributed by atoms with E-state index in [0.717, 1.165) is 11.3 Å². The molecule has 5 nitrogen and oxygen atoms in total. The Labute approximate surface area is 94.5 Å². The van der Waals surface area contributed by atoms with Gasteiger partial charge in [0.15, 0.2) is 0 Å². The van der Waals surface area contributed by atoms with Crippen LogP contribution in [0, 0.1) is 6.92 Å². The molecule has 0 aliphatic heterocycles. The van der Waals surface area contributed by atoms with Crippen LogP contribution in [0.4, 0.5) is 0 Å². The summed E-state index contributed by atoms with van der Waals surface area (Å²) in [6.45, 7) is 2.52. The van der Waals surface area contributed by atoms with Gasteiger partial charge in [0.05, 0.1) is 6.61 Å². The molecule has 0 amide bonds. The van der Waals surface area contributed by atoms with Gasteiger partial charge in [-0.05, 0) is 18.6 Å². The Kier molecular flexibility index (Phi) is 4.88. The molecule has 88 valence electrons. The van der Waals surface area contributed by atoms with Crippen molar-refractivity contribution >= 4 is 5.97 Å². The number of hydrogen-bond acceptors (Lipinski definition) is 4. The van der Waals surface area contributed by atoms with Gasteiger partial charge in [-0.3, -0.25) is 15.1 Å². The molecule has 1 aromatic rings. The first kappa shape index (κ1) is 12.6. The van der Waals surface area contributed by atoms with Crippen molar-refractivity contribution in [1.29, 1.82) is 0 Å². The van der Waals surface area contributed by atoms with Crippen LogP contribution in [0.3, 0.4) is 0 Å². The summed E-state index contributed by atoms with van der Waals surface area (Å²) in [7, 11) is 1.48. The molecule has 0 aliphatic rings. The number of carboxylic acid groups (broad SMARTS) is 1. The van der Waals surface area contributed by atoms with Crippen molar-refractivity contribution in [2.45, 2.75) is 19.5 Å². The highest BCUT2D eigenvalue weighted by molar-refractivity contribution is 5.73. The summed E-state index contributed by atoms with van der Waals surface area (Å²) < 4.78 is 4.81. The Morgan fingerprint density at radius 1 is 1.62 bits per heavy atom. The molecule has 1 unspecified atom stereocenters. The predicted octanol–water partition coefficient (Wildman–Crippen LogP) is 0.579. The Balaban J connectivity index is 2.48. The van der Waals surface area contributed by atoms with Gasteiger partial charge in [-0.15, -0.1) is 0 Å². The minimum atomic E-state index is -0.915. The fraction of sp³-hybridized carbons (Fsp3) is 0.455. The number of carbonyl (C=O) groups is 1. The van der Waals surface area contributed by atoms with Crippen molar-refractivity contribution in [2.24, 2.45) is 0 Å². The van der Waals surface area contributed by atoms with Gasteiger partial charge in [0.1, 0.15) is 6.04 Å². The van der Waals surface area contributed by atoms with E-state index in [-0.39, 0.29) is 6.61 Å². The zero-order valence-corrected chi connectivity index (χ0v) is 9.43. The summed E-state index contributed by atoms with van der Waals surface area (Å²) in [5, 5.41) is 11.8. The Bertz CT molecular complexity index is 338. The molecule has 5 heteroatoms. The highest BCUT2D eigenvalue weighted by Gasteiger charge is 2.15. The second-order valence-corrected chi connectivity index (χ2v) is 3.53. The van der Waals surface area contributed by atoms with E-state index in [4.69, 9.17) is 9.84 Å². The van der Waals surface area contributed by atoms with Crippen LogP contribution in [0.2, 0.25) is 0 Å². The van der Waals surface area contributed by atoms with Crippen LogP contribution >= 0.6 is 0 Å². The van der Waals surface area contributed by atoms with E-state index in [9.17, 15) is 4.79 Å². The van der Waals surface area contributed by atoms with Gasteiger partial charge < -0.3 is 9.84 Å². The van der Waals surface area contributed by atoms with Crippen molar-refractivity contribution in [1.82, 2.24) is 10.3 Å². The summed E-state index contributed by atoms with van der Waals surface area (Å²) in [6.07, 6.45) is 1.73. The van der Waals surface area contributed by atoms with Gasteiger partial charge in [0.2, 0.25) is 0 Å². The van der Waals surface area contributed by atoms with E-state index in [1.807, 2.05) is 19.1 Å². The molecule has 2 N–H and O–H groups in total. The highest BCUT2D eigenvalue weighted by Crippen LogP contribution is 1.99. The van der Waals surface area contributed by atoms with Gasteiger partial charge in [-0.2, -0.15) is 0 Å². The Morgan fingerprint density at radius 3 is 2.88 bits per heavy atom. The largest absolute Gasteiger partial charge is 0.480 e. The third-order valence-electron chi connectivity index (χ3n) is 2.16. The van der Waals surface area contributed by atoms with Crippen LogP contribution < -0.4 is 5.32 Å². The molecule has 0 aromatic carbocycles. The number of rotatable bonds is 6. The summed E-state index contributed by atoms with van der Waals surface area (Å²) in [4.78, 5) is 14.9. The molecule has 1 atom stereocenters. The highest BCUT2D eigenvalue weighted by atomic mass is 16.5. The number of nitrogens with one attached hydrogen (secondary N) is 1. The number of ether oxygens (including phenoxy) is 1. The van der Waals surface area contributed by atoms with Crippen molar-refractivity contribution in [3.63, 3.8) is 0 Å². The lowest BCUT2D eigenvalue weighted by Crippen LogP contribution is -2.39. The van der Waals surface area contributed by atoms with Crippen LogP contribution in [0.1, 0.15) is 11.3 Å². The van der Waals surface area contributed by atoms with Gasteiger partial charge >= 0.3 is 5.97 Å². The quantitative estimate of drug-likeness (QED) is 0.739. The van der Waals surface area contributed by atoms with E-state index in [0.29, 0.717) is 6.54 Å². The average Bonchev–Trinajstić information content (AvgIpc) is 2.26. The standard InChI is InChI=1S/C11H16N2O3/c1-8-3-4-9(5-12-8)6-13-10(7-16-2)11(14)15/h3-5,10,13H,6-7H2,1-2H3,(H,14,15). The number of aryl methyl sites for hydroxylation is 1. The Morgan fingerprint density at radius 2 is 2.38 bits per heavy atom. The number of nitrogens with zero attached hydrogens (tertiary/aromatic N) is 1. The van der Waals surface area contributed by atoms with Gasteiger partial charge in [0, 0.05) is 25.5 Å². The van der Waals surface area contributed by atoms with Crippen LogP contribution in [0.15, 0.2) is 18.3 Å². The fourth-order valence-corrected chi connectivity index (χ4v) is 1.23. The van der Waals surface area contributed by atoms with Gasteiger partial charge in [-0.1, -0.05) is 6.07 Å². The summed E-state index contributed by atoms with van der Waals surface area (Å²) in [6, 6.07) is 3.12. The zero-order valence-electron chi connectivity index (χ0n) is 9.43. The lowest BCUT2D eigenvalue weighted by Gasteiger charge is -2.13. The van der Waals surface area contributed by atoms with Crippen molar-refractivity contribution in [2.75, 3.05) is 13.7 Å². The number of hydrogen-bond donors (Lipinski definition) is 2. The molecular formula is C11H16N2O3. The number of carboxylic acids is 1. The molecule has 0 spiro atoms. The van der Waals surface area contributed by atoms with Gasteiger partial charge in [-0.25, -0.2) is 0 Å². The lowest BCUT2D eigenvalue weighted by atomic mass is 10.2. The van der Waals surface area contributed by atoms with Crippen molar-refractivity contribution in [3.05, 3.63) is 29.6 Å². The SMILES string of the molecule is COCC(NCc1ccc(C)nc1)C(=O)O. The van der Waals surface area contributed by atoms with Crippen LogP contribution in [0.25, 0.3) is 0 Å². The molecule has 0 saturated heterocycles. The fourth-order valence-electron chi connectivity index (χ4n) is 1.23. The van der Waals surface area contributed by atoms with Crippen LogP contribution in [0.5, 0.6) is 0 Å². The minimum absolute atomic E-state index is 0.147. The normalized spacial score (nSPS) is 12.4. The maximum atomic E-state index is 10.8. The zero-order chi connectivity index (χ0) is 12.0. The minimum Gasteiger partial charge on any atom is -0.480 e. The number of aliphatic carboxylic acids is 1. The molecule has 0 aliphatic carbocycles. The molecule has 1 aromatic heterocycles. The van der Waals surface area contributed by atoms with Crippen LogP contribution in [-0.4, -0.2) is 35.8 Å². The first-order valence-corrected chi connectivity index (χ1v) is 5.00. The second kappa shape index (κ2) is 6.19. The third kappa shape index (κ3) is 3.96. The van der Waals surface area contributed by atoms with E-state index in [1.165, 1.54) is 7.11 Å². The summed E-state index contributed by atoms with van der Waals surface area (Å²) in [5.74, 6) is -0.915. The number of aromatic nitrogens is 1. The van der Waals surface area contributed by atoms with E-state index >= 15 is 0 Å². The molecule has 0 saturated carbocycles. The molecule has 0 fully saturated rings. The molecule has 0 bridgehead atoms. The first-order chi connectivity index (χ1) is 7.63. The summed E-state index contributed by atoms with van der Waals surface area (Å²) >= 11 is 0. The Hall–Kier alpha value is -1.46. The predicted molar refractivity (Wildman–Crippen MR) is 59.1 cm³/mol. The maximum Gasteiger partial charge on any atom is 0.323 e. The third-order valence-corrected chi connectivity index (χ3v) is 2.16. The van der Waals surface area contributed by atoms with Crippen LogP contribution in [-0.2, 0) is 16.1 Å². The number of methoxy groups -OCH3 is 1. The lowest BCUT2D eigenvalue weighted by molar-refractivity contribution is -0.140. The number of pyridine rings is 1. The van der Waals surface area contributed by atoms with E-state index < -0.39 is 12.0 Å². The van der Waals surface area contributed by atoms with Crippen molar-refractivity contribution in [3.8, 4) is 0 Å². The van der Waals surface area contributed by atoms with Gasteiger partial charge in [0.25, 0.3) is 0 Å². The first-order valence-electron chi connectivity index (χ1n) is 5.00. The maximum absolute atomic E-state index is 10.8. The molecule has 0 radical (unpaired) electrons. The van der Waals surface area contributed by atoms with Crippen molar-refractivity contribution < 1.29 is 14.6 Å². The smallest absolute Gasteiger partial charge is 0.323 e. The molecule has 1 heterocycles. The van der Waals surface area contributed by atoms with E-state index in [2.05, 4.69) is 10.3 Å². The van der Waals surface area contributed by atoms with E-state index in [1.54, 1.807) is 6.20 Å². The molecular weight excluding hydrogens is 208 g/mol. The molecule has 1 rings (SSSR count). The second-order valence-electron chi connectivity index (χ2n) is 3.53. The summed E-state index contributed by atoms with van der Waals surface area (Å²) in [5.41, 5.74) is 1.89. The monoisotopic (exact) mass is 224 g/mol. The topological polar surface area (TPSA) is 71.5 Å². The molecule has 16 heavy (non-hydrogen) atoms.